The number of hydrogen-bond acceptors (Lipinski definition) is 5. The number of aromatic nitrogens is 1. The van der Waals surface area contributed by atoms with Crippen LogP contribution in [0.1, 0.15) is 15.4 Å². The summed E-state index contributed by atoms with van der Waals surface area (Å²) in [6.07, 6.45) is 0. The first-order valence-electron chi connectivity index (χ1n) is 7.15. The van der Waals surface area contributed by atoms with Gasteiger partial charge in [-0.15, -0.1) is 11.3 Å². The predicted molar refractivity (Wildman–Crippen MR) is 95.9 cm³/mol. The lowest BCUT2D eigenvalue weighted by molar-refractivity contribution is -0.143. The van der Waals surface area contributed by atoms with Crippen LogP contribution in [0.2, 0.25) is 0 Å². The minimum absolute atomic E-state index is 0.102. The highest BCUT2D eigenvalue weighted by molar-refractivity contribution is 9.10. The smallest absolute Gasteiger partial charge is 0.325 e. The van der Waals surface area contributed by atoms with Crippen LogP contribution in [0.4, 0.5) is 0 Å². The Morgan fingerprint density at radius 1 is 1.17 bits per heavy atom. The van der Waals surface area contributed by atoms with Crippen LogP contribution >= 0.6 is 27.3 Å². The summed E-state index contributed by atoms with van der Waals surface area (Å²) in [5.41, 5.74) is 1.36. The number of hydrogen-bond donors (Lipinski definition) is 1. The second kappa shape index (κ2) is 7.55. The Hall–Kier alpha value is -2.25. The highest BCUT2D eigenvalue weighted by Gasteiger charge is 2.10. The number of amides is 1. The van der Waals surface area contributed by atoms with Gasteiger partial charge in [0.25, 0.3) is 5.91 Å². The maximum Gasteiger partial charge on any atom is 0.325 e. The fourth-order valence-electron chi connectivity index (χ4n) is 2.06. The number of thiazole rings is 1. The van der Waals surface area contributed by atoms with E-state index in [4.69, 9.17) is 4.74 Å². The van der Waals surface area contributed by atoms with E-state index >= 15 is 0 Å². The van der Waals surface area contributed by atoms with E-state index in [1.54, 1.807) is 18.2 Å². The normalized spacial score (nSPS) is 10.5. The van der Waals surface area contributed by atoms with Crippen molar-refractivity contribution in [3.63, 3.8) is 0 Å². The van der Waals surface area contributed by atoms with Gasteiger partial charge in [-0.1, -0.05) is 34.1 Å². The van der Waals surface area contributed by atoms with Crippen molar-refractivity contribution in [3.05, 3.63) is 63.6 Å². The number of rotatable bonds is 5. The monoisotopic (exact) mass is 404 g/mol. The zero-order chi connectivity index (χ0) is 16.9. The molecule has 0 aliphatic carbocycles. The van der Waals surface area contributed by atoms with Crippen LogP contribution in [0.3, 0.4) is 0 Å². The van der Waals surface area contributed by atoms with Gasteiger partial charge in [-0.25, -0.2) is 4.98 Å². The molecule has 0 aliphatic heterocycles. The molecule has 0 saturated heterocycles. The van der Waals surface area contributed by atoms with E-state index in [1.807, 2.05) is 30.3 Å². The topological polar surface area (TPSA) is 68.3 Å². The number of benzene rings is 2. The van der Waals surface area contributed by atoms with Crippen LogP contribution in [-0.2, 0) is 16.1 Å². The number of nitrogens with zero attached hydrogens (tertiary/aromatic N) is 1. The van der Waals surface area contributed by atoms with E-state index in [2.05, 4.69) is 26.2 Å². The van der Waals surface area contributed by atoms with Crippen LogP contribution < -0.4 is 5.32 Å². The summed E-state index contributed by atoms with van der Waals surface area (Å²) in [7, 11) is 0. The number of ether oxygens (including phenoxy) is 1. The zero-order valence-electron chi connectivity index (χ0n) is 12.5. The third-order valence-electron chi connectivity index (χ3n) is 3.17. The Morgan fingerprint density at radius 3 is 2.79 bits per heavy atom. The Balaban J connectivity index is 1.49. The number of carbonyl (C=O) groups is 2. The molecule has 0 radical (unpaired) electrons. The van der Waals surface area contributed by atoms with Crippen molar-refractivity contribution < 1.29 is 14.3 Å². The Bertz CT molecular complexity index is 861. The highest BCUT2D eigenvalue weighted by atomic mass is 79.9. The third-order valence-corrected chi connectivity index (χ3v) is 4.68. The zero-order valence-corrected chi connectivity index (χ0v) is 14.9. The number of fused-ring (bicyclic) bond motifs is 1. The summed E-state index contributed by atoms with van der Waals surface area (Å²) < 4.78 is 7.00. The first-order chi connectivity index (χ1) is 11.6. The molecule has 24 heavy (non-hydrogen) atoms. The molecule has 0 saturated carbocycles. The van der Waals surface area contributed by atoms with Crippen molar-refractivity contribution in [1.82, 2.24) is 10.3 Å². The summed E-state index contributed by atoms with van der Waals surface area (Å²) in [6, 6.07) is 14.7. The van der Waals surface area contributed by atoms with Crippen LogP contribution in [0.15, 0.2) is 53.0 Å². The predicted octanol–water partition coefficient (Wildman–Crippen LogP) is 3.53. The molecule has 0 bridgehead atoms. The Kier molecular flexibility index (Phi) is 5.22. The van der Waals surface area contributed by atoms with Gasteiger partial charge in [0.1, 0.15) is 18.2 Å². The van der Waals surface area contributed by atoms with Gasteiger partial charge in [0.05, 0.1) is 10.2 Å². The van der Waals surface area contributed by atoms with Gasteiger partial charge >= 0.3 is 5.97 Å². The number of halogens is 1. The van der Waals surface area contributed by atoms with Crippen LogP contribution in [0, 0.1) is 0 Å². The summed E-state index contributed by atoms with van der Waals surface area (Å²) in [5.74, 6) is -0.828. The average Bonchev–Trinajstić information content (AvgIpc) is 3.00. The molecule has 2 aromatic carbocycles. The molecule has 1 heterocycles. The summed E-state index contributed by atoms with van der Waals surface area (Å²) in [5, 5.41) is 3.26. The SMILES string of the molecule is O=C(CNC(=O)c1cccc(Br)c1)OCc1nc2ccccc2s1. The first-order valence-corrected chi connectivity index (χ1v) is 8.76. The van der Waals surface area contributed by atoms with Crippen LogP contribution in [0.25, 0.3) is 10.2 Å². The van der Waals surface area contributed by atoms with Crippen LogP contribution in [-0.4, -0.2) is 23.4 Å². The number of nitrogens with one attached hydrogen (secondary N) is 1. The Morgan fingerprint density at radius 2 is 2.00 bits per heavy atom. The lowest BCUT2D eigenvalue weighted by atomic mass is 10.2. The standard InChI is InChI=1S/C17H13BrN2O3S/c18-12-5-3-4-11(8-12)17(22)19-9-16(21)23-10-15-20-13-6-1-2-7-14(13)24-15/h1-8H,9-10H2,(H,19,22). The van der Waals surface area contributed by atoms with Crippen molar-refractivity contribution in [2.75, 3.05) is 6.54 Å². The minimum atomic E-state index is -0.502. The van der Waals surface area contributed by atoms with Gasteiger partial charge in [-0.2, -0.15) is 0 Å². The van der Waals surface area contributed by atoms with Gasteiger partial charge in [0.2, 0.25) is 0 Å². The molecule has 0 aliphatic rings. The van der Waals surface area contributed by atoms with E-state index < -0.39 is 5.97 Å². The quantitative estimate of drug-likeness (QED) is 0.660. The molecule has 1 amide bonds. The average molecular weight is 405 g/mol. The van der Waals surface area contributed by atoms with Gasteiger partial charge in [-0.3, -0.25) is 9.59 Å². The van der Waals surface area contributed by atoms with Crippen molar-refractivity contribution in [3.8, 4) is 0 Å². The van der Waals surface area contributed by atoms with Crippen molar-refractivity contribution in [2.24, 2.45) is 0 Å². The van der Waals surface area contributed by atoms with Gasteiger partial charge < -0.3 is 10.1 Å². The van der Waals surface area contributed by atoms with Crippen molar-refractivity contribution in [1.29, 1.82) is 0 Å². The fourth-order valence-corrected chi connectivity index (χ4v) is 3.34. The van der Waals surface area contributed by atoms with E-state index in [-0.39, 0.29) is 19.1 Å². The summed E-state index contributed by atoms with van der Waals surface area (Å²) in [4.78, 5) is 28.1. The molecule has 5 nitrogen and oxygen atoms in total. The van der Waals surface area contributed by atoms with Crippen LogP contribution in [0.5, 0.6) is 0 Å². The molecule has 0 atom stereocenters. The molecule has 0 unspecified atom stereocenters. The van der Waals surface area contributed by atoms with Crippen molar-refractivity contribution in [2.45, 2.75) is 6.61 Å². The lowest BCUT2D eigenvalue weighted by Gasteiger charge is -2.05. The molecule has 3 rings (SSSR count). The number of esters is 1. The molecule has 1 N–H and O–H groups in total. The van der Waals surface area contributed by atoms with Crippen molar-refractivity contribution >= 4 is 49.4 Å². The number of carbonyl (C=O) groups excluding carboxylic acids is 2. The second-order valence-corrected chi connectivity index (χ2v) is 6.96. The highest BCUT2D eigenvalue weighted by Crippen LogP contribution is 2.21. The maximum absolute atomic E-state index is 11.9. The first kappa shape index (κ1) is 16.6. The molecule has 1 aromatic heterocycles. The Labute approximate surface area is 150 Å². The maximum atomic E-state index is 11.9. The molecule has 0 spiro atoms. The van der Waals surface area contributed by atoms with E-state index in [1.165, 1.54) is 11.3 Å². The fraction of sp³-hybridized carbons (Fsp3) is 0.118. The van der Waals surface area contributed by atoms with Gasteiger partial charge in [0, 0.05) is 10.0 Å². The molecular weight excluding hydrogens is 392 g/mol. The van der Waals surface area contributed by atoms with Gasteiger partial charge in [0.15, 0.2) is 0 Å². The molecule has 0 fully saturated rings. The van der Waals surface area contributed by atoms with E-state index in [0.29, 0.717) is 5.56 Å². The summed E-state index contributed by atoms with van der Waals surface area (Å²) >= 11 is 4.78. The molecule has 3 aromatic rings. The molecule has 122 valence electrons. The number of para-hydroxylation sites is 1. The lowest BCUT2D eigenvalue weighted by Crippen LogP contribution is -2.30. The molecular formula is C17H13BrN2O3S. The van der Waals surface area contributed by atoms with Gasteiger partial charge in [-0.05, 0) is 30.3 Å². The minimum Gasteiger partial charge on any atom is -0.457 e. The van der Waals surface area contributed by atoms with E-state index in [9.17, 15) is 9.59 Å². The third kappa shape index (κ3) is 4.18. The molecule has 7 heteroatoms. The largest absolute Gasteiger partial charge is 0.457 e. The second-order valence-electron chi connectivity index (χ2n) is 4.93. The van der Waals surface area contributed by atoms with E-state index in [0.717, 1.165) is 19.7 Å². The summed E-state index contributed by atoms with van der Waals surface area (Å²) in [6.45, 7) is -0.0822.